The van der Waals surface area contributed by atoms with E-state index in [1.807, 2.05) is 20.0 Å². The third-order valence-corrected chi connectivity index (χ3v) is 5.17. The lowest BCUT2D eigenvalue weighted by Gasteiger charge is -2.22. The van der Waals surface area contributed by atoms with Crippen LogP contribution in [0.4, 0.5) is 17.1 Å². The number of carbonyl (C=O) groups is 1. The molecule has 0 aromatic heterocycles. The average Bonchev–Trinajstić information content (AvgIpc) is 3.25. The number of benzene rings is 1. The molecule has 1 unspecified atom stereocenters. The quantitative estimate of drug-likeness (QED) is 0.415. The van der Waals surface area contributed by atoms with E-state index < -0.39 is 12.0 Å². The molecule has 0 spiro atoms. The number of rotatable bonds is 11. The first-order valence-corrected chi connectivity index (χ1v) is 10.3. The first-order chi connectivity index (χ1) is 14.4. The molecule has 0 aliphatic carbocycles. The van der Waals surface area contributed by atoms with Crippen molar-refractivity contribution in [2.75, 3.05) is 37.0 Å². The number of hydrogen-bond acceptors (Lipinski definition) is 7. The Hall–Kier alpha value is -2.71. The third-order valence-electron chi connectivity index (χ3n) is 5.17. The van der Waals surface area contributed by atoms with E-state index in [-0.39, 0.29) is 31.0 Å². The maximum atomic E-state index is 12.7. The Morgan fingerprint density at radius 1 is 1.30 bits per heavy atom. The minimum atomic E-state index is -0.711. The van der Waals surface area contributed by atoms with Crippen LogP contribution in [0.5, 0.6) is 0 Å². The molecule has 1 aromatic carbocycles. The molecule has 1 aliphatic rings. The minimum Gasteiger partial charge on any atom is -0.396 e. The Bertz CT molecular complexity index is 800. The Morgan fingerprint density at radius 2 is 2.00 bits per heavy atom. The van der Waals surface area contributed by atoms with Gasteiger partial charge in [-0.15, -0.1) is 0 Å². The first-order valence-electron chi connectivity index (χ1n) is 10.3. The van der Waals surface area contributed by atoms with Gasteiger partial charge >= 0.3 is 0 Å². The summed E-state index contributed by atoms with van der Waals surface area (Å²) in [7, 11) is 1.83. The van der Waals surface area contributed by atoms with Crippen molar-refractivity contribution in [1.29, 1.82) is 0 Å². The van der Waals surface area contributed by atoms with Gasteiger partial charge in [0.05, 0.1) is 17.5 Å². The van der Waals surface area contributed by atoms with Crippen molar-refractivity contribution in [3.05, 3.63) is 30.1 Å². The molecule has 1 atom stereocenters. The molecule has 1 heterocycles. The van der Waals surface area contributed by atoms with Gasteiger partial charge in [0, 0.05) is 32.4 Å². The van der Waals surface area contributed by atoms with E-state index in [1.54, 1.807) is 0 Å². The number of amides is 1. The van der Waals surface area contributed by atoms with Crippen LogP contribution in [0.15, 0.2) is 34.5 Å². The highest BCUT2D eigenvalue weighted by atomic mass is 16.3. The number of aliphatic imine (C=N–C) groups is 2. The van der Waals surface area contributed by atoms with Gasteiger partial charge in [-0.25, -0.2) is 9.98 Å². The molecule has 164 valence electrons. The van der Waals surface area contributed by atoms with Gasteiger partial charge in [-0.2, -0.15) is 0 Å². The predicted octanol–water partition coefficient (Wildman–Crippen LogP) is 2.52. The summed E-state index contributed by atoms with van der Waals surface area (Å²) in [5.41, 5.74) is 3.99. The van der Waals surface area contributed by atoms with Crippen LogP contribution in [0.2, 0.25) is 0 Å². The molecule has 1 fully saturated rings. The SMILES string of the molecule is C=NC(=C)NC(=O)C(CCC(O)CCO)=Nc1cc(C)c(N2CCCC2)cc1NC. The van der Waals surface area contributed by atoms with Crippen LogP contribution < -0.4 is 15.5 Å². The highest BCUT2D eigenvalue weighted by Gasteiger charge is 2.19. The molecular formula is C22H33N5O3. The van der Waals surface area contributed by atoms with Crippen LogP contribution in [0, 0.1) is 6.92 Å². The predicted molar refractivity (Wildman–Crippen MR) is 123 cm³/mol. The normalized spacial score (nSPS) is 15.1. The number of aryl methyl sites for hydroxylation is 1. The van der Waals surface area contributed by atoms with Crippen molar-refractivity contribution < 1.29 is 15.0 Å². The fourth-order valence-electron chi connectivity index (χ4n) is 3.48. The fourth-order valence-corrected chi connectivity index (χ4v) is 3.48. The lowest BCUT2D eigenvalue weighted by atomic mass is 10.1. The van der Waals surface area contributed by atoms with Gasteiger partial charge in [0.25, 0.3) is 5.91 Å². The molecule has 1 saturated heterocycles. The van der Waals surface area contributed by atoms with Crippen LogP contribution >= 0.6 is 0 Å². The van der Waals surface area contributed by atoms with Gasteiger partial charge < -0.3 is 25.7 Å². The van der Waals surface area contributed by atoms with E-state index in [9.17, 15) is 9.90 Å². The van der Waals surface area contributed by atoms with Crippen molar-refractivity contribution >= 4 is 35.4 Å². The largest absolute Gasteiger partial charge is 0.396 e. The molecule has 0 bridgehead atoms. The van der Waals surface area contributed by atoms with Gasteiger partial charge in [0.15, 0.2) is 0 Å². The van der Waals surface area contributed by atoms with Gasteiger partial charge in [-0.1, -0.05) is 6.58 Å². The molecule has 0 saturated carbocycles. The van der Waals surface area contributed by atoms with Crippen molar-refractivity contribution in [1.82, 2.24) is 5.32 Å². The summed E-state index contributed by atoms with van der Waals surface area (Å²) in [5.74, 6) is -0.301. The summed E-state index contributed by atoms with van der Waals surface area (Å²) in [4.78, 5) is 23.3. The van der Waals surface area contributed by atoms with E-state index in [1.165, 1.54) is 18.5 Å². The van der Waals surface area contributed by atoms with Crippen LogP contribution in [0.1, 0.15) is 37.7 Å². The van der Waals surface area contributed by atoms with Crippen molar-refractivity contribution in [3.63, 3.8) is 0 Å². The van der Waals surface area contributed by atoms with Crippen LogP contribution in [-0.2, 0) is 4.79 Å². The molecule has 1 aliphatic heterocycles. The number of carbonyl (C=O) groups excluding carboxylic acids is 1. The number of aliphatic hydroxyl groups excluding tert-OH is 2. The highest BCUT2D eigenvalue weighted by Crippen LogP contribution is 2.35. The number of aliphatic hydroxyl groups is 2. The molecule has 1 amide bonds. The zero-order valence-corrected chi connectivity index (χ0v) is 17.9. The zero-order valence-electron chi connectivity index (χ0n) is 17.9. The van der Waals surface area contributed by atoms with Gasteiger partial charge in [-0.3, -0.25) is 4.79 Å². The highest BCUT2D eigenvalue weighted by molar-refractivity contribution is 6.39. The molecule has 2 rings (SSSR count). The number of hydrogen-bond donors (Lipinski definition) is 4. The summed E-state index contributed by atoms with van der Waals surface area (Å²) < 4.78 is 0. The van der Waals surface area contributed by atoms with Crippen molar-refractivity contribution in [2.24, 2.45) is 9.98 Å². The average molecular weight is 416 g/mol. The lowest BCUT2D eigenvalue weighted by Crippen LogP contribution is -2.30. The van der Waals surface area contributed by atoms with Crippen LogP contribution in [-0.4, -0.2) is 61.4 Å². The fraction of sp³-hybridized carbons (Fsp3) is 0.500. The molecule has 8 heteroatoms. The second-order valence-corrected chi connectivity index (χ2v) is 7.42. The Balaban J connectivity index is 2.36. The zero-order chi connectivity index (χ0) is 22.1. The van der Waals surface area contributed by atoms with Crippen LogP contribution in [0.25, 0.3) is 0 Å². The summed E-state index contributed by atoms with van der Waals surface area (Å²) in [6.45, 7) is 11.0. The standard InChI is InChI=1S/C22H33N5O3/c1-15-13-20(19(24-4)14-21(15)27-10-5-6-11-27)26-18(8-7-17(29)9-12-28)22(30)25-16(2)23-3/h13-14,17,24,28-29H,2-3,5-12H2,1,4H3,(H,25,30). The Labute approximate surface area is 178 Å². The van der Waals surface area contributed by atoms with E-state index in [4.69, 9.17) is 5.11 Å². The summed E-state index contributed by atoms with van der Waals surface area (Å²) >= 11 is 0. The van der Waals surface area contributed by atoms with E-state index >= 15 is 0 Å². The first kappa shape index (κ1) is 23.6. The molecule has 4 N–H and O–H groups in total. The maximum absolute atomic E-state index is 12.7. The second-order valence-electron chi connectivity index (χ2n) is 7.42. The van der Waals surface area contributed by atoms with Crippen LogP contribution in [0.3, 0.4) is 0 Å². The third kappa shape index (κ3) is 6.40. The topological polar surface area (TPSA) is 110 Å². The Kier molecular flexibility index (Phi) is 9.01. The monoisotopic (exact) mass is 415 g/mol. The van der Waals surface area contributed by atoms with Crippen molar-refractivity contribution in [2.45, 2.75) is 45.1 Å². The summed E-state index contributed by atoms with van der Waals surface area (Å²) in [5, 5.41) is 24.7. The smallest absolute Gasteiger partial charge is 0.271 e. The Morgan fingerprint density at radius 3 is 2.60 bits per heavy atom. The number of nitrogens with one attached hydrogen (secondary N) is 2. The lowest BCUT2D eigenvalue weighted by molar-refractivity contribution is -0.114. The van der Waals surface area contributed by atoms with Gasteiger partial charge in [0.1, 0.15) is 11.5 Å². The molecular weight excluding hydrogens is 382 g/mol. The van der Waals surface area contributed by atoms with E-state index in [0.29, 0.717) is 12.1 Å². The summed E-state index contributed by atoms with van der Waals surface area (Å²) in [6, 6.07) is 4.04. The number of anilines is 2. The maximum Gasteiger partial charge on any atom is 0.271 e. The van der Waals surface area contributed by atoms with Gasteiger partial charge in [-0.05, 0) is 63.4 Å². The number of nitrogens with zero attached hydrogens (tertiary/aromatic N) is 3. The molecule has 1 aromatic rings. The van der Waals surface area contributed by atoms with E-state index in [2.05, 4.69) is 44.9 Å². The minimum absolute atomic E-state index is 0.113. The second kappa shape index (κ2) is 11.5. The summed E-state index contributed by atoms with van der Waals surface area (Å²) in [6.07, 6.45) is 2.47. The molecule has 8 nitrogen and oxygen atoms in total. The molecule has 30 heavy (non-hydrogen) atoms. The molecule has 0 radical (unpaired) electrons. The van der Waals surface area contributed by atoms with Crippen molar-refractivity contribution in [3.8, 4) is 0 Å². The van der Waals surface area contributed by atoms with E-state index in [0.717, 1.165) is 24.3 Å². The van der Waals surface area contributed by atoms with Gasteiger partial charge in [0.2, 0.25) is 0 Å².